The minimum atomic E-state index is 0.256. The number of rotatable bonds is 6. The fourth-order valence-corrected chi connectivity index (χ4v) is 2.98. The van der Waals surface area contributed by atoms with Crippen LogP contribution >= 0.6 is 0 Å². The second-order valence-corrected chi connectivity index (χ2v) is 5.94. The van der Waals surface area contributed by atoms with Crippen molar-refractivity contribution in [1.82, 2.24) is 10.2 Å². The zero-order valence-corrected chi connectivity index (χ0v) is 13.4. The lowest BCUT2D eigenvalue weighted by atomic mass is 10.0. The minimum absolute atomic E-state index is 0.256. The standard InChI is InChI=1S/C17H27N3O/c1-18-11-5-10-17(21)20-12-6-9-16(20)14-7-4-8-15(13-14)19(2)3/h4,7-8,13,16,18H,5-6,9-12H2,1-3H3. The summed E-state index contributed by atoms with van der Waals surface area (Å²) in [6.07, 6.45) is 3.74. The monoisotopic (exact) mass is 289 g/mol. The van der Waals surface area contributed by atoms with Gasteiger partial charge in [-0.2, -0.15) is 0 Å². The van der Waals surface area contributed by atoms with Crippen LogP contribution in [0.1, 0.15) is 37.3 Å². The predicted molar refractivity (Wildman–Crippen MR) is 87.6 cm³/mol. The van der Waals surface area contributed by atoms with E-state index in [1.54, 1.807) is 0 Å². The molecule has 0 aliphatic carbocycles. The molecule has 4 heteroatoms. The molecule has 0 saturated carbocycles. The van der Waals surface area contributed by atoms with Gasteiger partial charge in [-0.25, -0.2) is 0 Å². The summed E-state index contributed by atoms with van der Waals surface area (Å²) in [5, 5.41) is 3.10. The zero-order valence-electron chi connectivity index (χ0n) is 13.4. The average molecular weight is 289 g/mol. The van der Waals surface area contributed by atoms with Crippen molar-refractivity contribution in [2.75, 3.05) is 39.1 Å². The van der Waals surface area contributed by atoms with Crippen LogP contribution in [0.15, 0.2) is 24.3 Å². The van der Waals surface area contributed by atoms with Crippen LogP contribution in [0.25, 0.3) is 0 Å². The van der Waals surface area contributed by atoms with Crippen LogP contribution in [0.3, 0.4) is 0 Å². The number of carbonyl (C=O) groups is 1. The number of anilines is 1. The molecule has 1 atom stereocenters. The number of carbonyl (C=O) groups excluding carboxylic acids is 1. The number of amides is 1. The van der Waals surface area contributed by atoms with Gasteiger partial charge >= 0.3 is 0 Å². The largest absolute Gasteiger partial charge is 0.378 e. The van der Waals surface area contributed by atoms with Crippen molar-refractivity contribution in [3.05, 3.63) is 29.8 Å². The SMILES string of the molecule is CNCCCC(=O)N1CCCC1c1cccc(N(C)C)c1. The maximum absolute atomic E-state index is 12.4. The molecule has 1 N–H and O–H groups in total. The van der Waals surface area contributed by atoms with Gasteiger partial charge in [-0.1, -0.05) is 12.1 Å². The molecule has 116 valence electrons. The van der Waals surface area contributed by atoms with Gasteiger partial charge in [0.05, 0.1) is 6.04 Å². The number of nitrogens with one attached hydrogen (secondary N) is 1. The van der Waals surface area contributed by atoms with Crippen LogP contribution in [0.4, 0.5) is 5.69 Å². The molecule has 1 aromatic carbocycles. The summed E-state index contributed by atoms with van der Waals surface area (Å²) < 4.78 is 0. The lowest BCUT2D eigenvalue weighted by Crippen LogP contribution is -2.31. The first kappa shape index (κ1) is 15.8. The van der Waals surface area contributed by atoms with E-state index in [1.165, 1.54) is 11.3 Å². The van der Waals surface area contributed by atoms with E-state index in [0.717, 1.165) is 32.4 Å². The van der Waals surface area contributed by atoms with Crippen LogP contribution in [0.2, 0.25) is 0 Å². The van der Waals surface area contributed by atoms with Gasteiger partial charge in [-0.3, -0.25) is 4.79 Å². The highest BCUT2D eigenvalue weighted by Crippen LogP contribution is 2.33. The summed E-state index contributed by atoms with van der Waals surface area (Å²) in [6, 6.07) is 8.82. The Morgan fingerprint density at radius 2 is 2.24 bits per heavy atom. The van der Waals surface area contributed by atoms with Gasteiger partial charge in [-0.05, 0) is 50.6 Å². The van der Waals surface area contributed by atoms with E-state index in [2.05, 4.69) is 53.5 Å². The third kappa shape index (κ3) is 3.97. The van der Waals surface area contributed by atoms with Crippen LogP contribution in [0, 0.1) is 0 Å². The van der Waals surface area contributed by atoms with E-state index < -0.39 is 0 Å². The Morgan fingerprint density at radius 3 is 2.95 bits per heavy atom. The van der Waals surface area contributed by atoms with Gasteiger partial charge in [0.2, 0.25) is 5.91 Å². The van der Waals surface area contributed by atoms with Crippen LogP contribution < -0.4 is 10.2 Å². The summed E-state index contributed by atoms with van der Waals surface area (Å²) in [7, 11) is 6.03. The van der Waals surface area contributed by atoms with E-state index in [4.69, 9.17) is 0 Å². The van der Waals surface area contributed by atoms with E-state index in [-0.39, 0.29) is 6.04 Å². The summed E-state index contributed by atoms with van der Waals surface area (Å²) in [4.78, 5) is 16.6. The van der Waals surface area contributed by atoms with E-state index in [9.17, 15) is 4.79 Å². The number of nitrogens with zero attached hydrogens (tertiary/aromatic N) is 2. The van der Waals surface area contributed by atoms with Crippen LogP contribution in [-0.2, 0) is 4.79 Å². The summed E-state index contributed by atoms with van der Waals surface area (Å²) in [6.45, 7) is 1.80. The lowest BCUT2D eigenvalue weighted by Gasteiger charge is -2.26. The van der Waals surface area contributed by atoms with Crippen molar-refractivity contribution in [2.45, 2.75) is 31.7 Å². The summed E-state index contributed by atoms with van der Waals surface area (Å²) in [5.74, 6) is 0.294. The first-order valence-corrected chi connectivity index (χ1v) is 7.85. The van der Waals surface area contributed by atoms with E-state index >= 15 is 0 Å². The number of hydrogen-bond acceptors (Lipinski definition) is 3. The van der Waals surface area contributed by atoms with Gasteiger partial charge in [0.1, 0.15) is 0 Å². The normalized spacial score (nSPS) is 18.0. The van der Waals surface area contributed by atoms with Gasteiger partial charge in [0.25, 0.3) is 0 Å². The maximum atomic E-state index is 12.4. The van der Waals surface area contributed by atoms with E-state index in [1.807, 2.05) is 7.05 Å². The third-order valence-corrected chi connectivity index (χ3v) is 4.16. The van der Waals surface area contributed by atoms with Crippen molar-refractivity contribution >= 4 is 11.6 Å². The smallest absolute Gasteiger partial charge is 0.223 e. The lowest BCUT2D eigenvalue weighted by molar-refractivity contribution is -0.132. The quantitative estimate of drug-likeness (QED) is 0.817. The topological polar surface area (TPSA) is 35.6 Å². The number of benzene rings is 1. The number of likely N-dealkylation sites (tertiary alicyclic amines) is 1. The van der Waals surface area contributed by atoms with Crippen molar-refractivity contribution < 1.29 is 4.79 Å². The molecule has 1 heterocycles. The highest BCUT2D eigenvalue weighted by Gasteiger charge is 2.29. The van der Waals surface area contributed by atoms with Crippen LogP contribution in [-0.4, -0.2) is 45.0 Å². The molecule has 1 amide bonds. The Kier molecular flexibility index (Phi) is 5.62. The molecule has 2 rings (SSSR count). The van der Waals surface area contributed by atoms with Crippen molar-refractivity contribution in [2.24, 2.45) is 0 Å². The molecule has 0 radical (unpaired) electrons. The molecule has 0 spiro atoms. The molecule has 1 aromatic rings. The first-order chi connectivity index (χ1) is 10.1. The maximum Gasteiger partial charge on any atom is 0.223 e. The Bertz CT molecular complexity index is 473. The second-order valence-electron chi connectivity index (χ2n) is 5.94. The Hall–Kier alpha value is -1.55. The Balaban J connectivity index is 2.07. The van der Waals surface area contributed by atoms with Gasteiger partial charge in [-0.15, -0.1) is 0 Å². The predicted octanol–water partition coefficient (Wildman–Crippen LogP) is 2.42. The van der Waals surface area contributed by atoms with Crippen LogP contribution in [0.5, 0.6) is 0 Å². The zero-order chi connectivity index (χ0) is 15.2. The molecule has 0 bridgehead atoms. The minimum Gasteiger partial charge on any atom is -0.378 e. The van der Waals surface area contributed by atoms with Crippen molar-refractivity contribution in [3.8, 4) is 0 Å². The Morgan fingerprint density at radius 1 is 1.43 bits per heavy atom. The Labute approximate surface area is 128 Å². The molecule has 1 aliphatic rings. The third-order valence-electron chi connectivity index (χ3n) is 4.16. The van der Waals surface area contributed by atoms with Gasteiger partial charge in [0, 0.05) is 32.7 Å². The van der Waals surface area contributed by atoms with Crippen molar-refractivity contribution in [1.29, 1.82) is 0 Å². The molecule has 1 unspecified atom stereocenters. The van der Waals surface area contributed by atoms with Gasteiger partial charge < -0.3 is 15.1 Å². The first-order valence-electron chi connectivity index (χ1n) is 7.85. The second kappa shape index (κ2) is 7.46. The molecule has 1 saturated heterocycles. The molecule has 21 heavy (non-hydrogen) atoms. The molecule has 1 fully saturated rings. The van der Waals surface area contributed by atoms with Crippen molar-refractivity contribution in [3.63, 3.8) is 0 Å². The molecule has 4 nitrogen and oxygen atoms in total. The molecular weight excluding hydrogens is 262 g/mol. The molecule has 0 aromatic heterocycles. The molecular formula is C17H27N3O. The summed E-state index contributed by atoms with van der Waals surface area (Å²) >= 11 is 0. The highest BCUT2D eigenvalue weighted by atomic mass is 16.2. The van der Waals surface area contributed by atoms with E-state index in [0.29, 0.717) is 12.3 Å². The summed E-state index contributed by atoms with van der Waals surface area (Å²) in [5.41, 5.74) is 2.46. The van der Waals surface area contributed by atoms with Gasteiger partial charge in [0.15, 0.2) is 0 Å². The molecule has 1 aliphatic heterocycles. The average Bonchev–Trinajstić information content (AvgIpc) is 2.97. The highest BCUT2D eigenvalue weighted by molar-refractivity contribution is 5.77. The number of hydrogen-bond donors (Lipinski definition) is 1. The fraction of sp³-hybridized carbons (Fsp3) is 0.588. The fourth-order valence-electron chi connectivity index (χ4n) is 2.98.